The highest BCUT2D eigenvalue weighted by Gasteiger charge is 2.18. The van der Waals surface area contributed by atoms with Crippen molar-refractivity contribution in [2.24, 2.45) is 0 Å². The van der Waals surface area contributed by atoms with E-state index < -0.39 is 0 Å². The first-order chi connectivity index (χ1) is 33.2. The molecule has 0 atom stereocenters. The predicted octanol–water partition coefficient (Wildman–Crippen LogP) is 18.0. The molecule has 0 aliphatic carbocycles. The second-order valence-corrected chi connectivity index (χ2v) is 17.3. The number of hydrogen-bond donors (Lipinski definition) is 0. The molecule has 0 unspecified atom stereocenters. The fourth-order valence-corrected chi connectivity index (χ4v) is 10.2. The molecule has 0 bridgehead atoms. The van der Waals surface area contributed by atoms with Gasteiger partial charge < -0.3 is 13.9 Å². The van der Waals surface area contributed by atoms with E-state index in [-0.39, 0.29) is 0 Å². The molecule has 2 heterocycles. The van der Waals surface area contributed by atoms with Crippen molar-refractivity contribution >= 4 is 71.6 Å². The molecule has 0 fully saturated rings. The number of nitrogens with zero attached hydrogens (tertiary/aromatic N) is 2. The molecule has 0 N–H and O–H groups in total. The minimum absolute atomic E-state index is 0.908. The van der Waals surface area contributed by atoms with Crippen LogP contribution in [0.4, 0.5) is 17.1 Å². The van der Waals surface area contributed by atoms with Crippen LogP contribution in [0.15, 0.2) is 259 Å². The molecule has 13 rings (SSSR count). The largest absolute Gasteiger partial charge is 0.455 e. The van der Waals surface area contributed by atoms with E-state index in [1.165, 1.54) is 55.0 Å². The Balaban J connectivity index is 0.833. The quantitative estimate of drug-likeness (QED) is 0.152. The van der Waals surface area contributed by atoms with Crippen LogP contribution in [-0.2, 0) is 0 Å². The molecule has 0 saturated heterocycles. The summed E-state index contributed by atoms with van der Waals surface area (Å²) in [6.45, 7) is 0. The van der Waals surface area contributed by atoms with Gasteiger partial charge in [0, 0.05) is 49.4 Å². The van der Waals surface area contributed by atoms with Crippen LogP contribution in [0.1, 0.15) is 0 Å². The lowest BCUT2D eigenvalue weighted by atomic mass is 9.97. The van der Waals surface area contributed by atoms with Crippen molar-refractivity contribution in [1.29, 1.82) is 0 Å². The number of furan rings is 1. The highest BCUT2D eigenvalue weighted by Crippen LogP contribution is 2.42. The number of para-hydroxylation sites is 5. The summed E-state index contributed by atoms with van der Waals surface area (Å²) in [5.74, 6) is 0. The van der Waals surface area contributed by atoms with Crippen molar-refractivity contribution in [2.45, 2.75) is 0 Å². The first kappa shape index (κ1) is 38.5. The Morgan fingerprint density at radius 1 is 0.313 bits per heavy atom. The van der Waals surface area contributed by atoms with E-state index in [0.717, 1.165) is 66.8 Å². The molecule has 0 aliphatic heterocycles. The van der Waals surface area contributed by atoms with E-state index in [1.54, 1.807) is 0 Å². The Labute approximate surface area is 388 Å². The summed E-state index contributed by atoms with van der Waals surface area (Å²) >= 11 is 0. The third-order valence-corrected chi connectivity index (χ3v) is 13.4. The van der Waals surface area contributed by atoms with Crippen LogP contribution < -0.4 is 4.90 Å². The molecule has 0 aliphatic rings. The van der Waals surface area contributed by atoms with Gasteiger partial charge in [0.15, 0.2) is 0 Å². The van der Waals surface area contributed by atoms with E-state index in [0.29, 0.717) is 0 Å². The predicted molar refractivity (Wildman–Crippen MR) is 282 cm³/mol. The molecule has 11 aromatic carbocycles. The molecule has 0 saturated carbocycles. The fourth-order valence-electron chi connectivity index (χ4n) is 10.2. The summed E-state index contributed by atoms with van der Waals surface area (Å²) in [4.78, 5) is 2.38. The van der Waals surface area contributed by atoms with Gasteiger partial charge in [0.25, 0.3) is 0 Å². The van der Waals surface area contributed by atoms with Gasteiger partial charge in [0.1, 0.15) is 11.2 Å². The van der Waals surface area contributed by atoms with Crippen molar-refractivity contribution in [2.75, 3.05) is 4.90 Å². The molecule has 0 radical (unpaired) electrons. The zero-order valence-electron chi connectivity index (χ0n) is 36.6. The van der Waals surface area contributed by atoms with Gasteiger partial charge in [0.2, 0.25) is 0 Å². The summed E-state index contributed by atoms with van der Waals surface area (Å²) in [5, 5.41) is 7.20. The number of fused-ring (bicyclic) bond motifs is 7. The molecule has 2 aromatic heterocycles. The average molecular weight is 855 g/mol. The number of benzene rings is 11. The number of rotatable bonds is 8. The summed E-state index contributed by atoms with van der Waals surface area (Å²) < 4.78 is 8.83. The third kappa shape index (κ3) is 6.59. The first-order valence-electron chi connectivity index (χ1n) is 22.9. The minimum atomic E-state index is 0.908. The van der Waals surface area contributed by atoms with Crippen LogP contribution in [0.25, 0.3) is 105 Å². The second-order valence-electron chi connectivity index (χ2n) is 17.3. The molecule has 67 heavy (non-hydrogen) atoms. The summed E-state index contributed by atoms with van der Waals surface area (Å²) in [5.41, 5.74) is 17.9. The monoisotopic (exact) mass is 854 g/mol. The van der Waals surface area contributed by atoms with Crippen LogP contribution >= 0.6 is 0 Å². The number of anilines is 3. The summed E-state index contributed by atoms with van der Waals surface area (Å²) in [6, 6.07) is 91.8. The highest BCUT2D eigenvalue weighted by molar-refractivity contribution is 6.11. The SMILES string of the molecule is c1cc(-c2ccc(N(c3ccc(-c4ccc(-c5ccccc5-n5c6ccccc6c6ccccc65)cc4)cc3)c3cccc4ccccc34)cc2)cc(-c2cccc3c2oc2ccccc23)c1. The van der Waals surface area contributed by atoms with Crippen molar-refractivity contribution in [1.82, 2.24) is 4.57 Å². The lowest BCUT2D eigenvalue weighted by molar-refractivity contribution is 0.670. The Morgan fingerprint density at radius 2 is 0.806 bits per heavy atom. The van der Waals surface area contributed by atoms with E-state index >= 15 is 0 Å². The van der Waals surface area contributed by atoms with E-state index in [1.807, 2.05) is 12.1 Å². The normalized spacial score (nSPS) is 11.6. The van der Waals surface area contributed by atoms with Crippen molar-refractivity contribution in [3.05, 3.63) is 255 Å². The molecular formula is C64H42N2O. The van der Waals surface area contributed by atoms with Crippen molar-refractivity contribution < 1.29 is 4.42 Å². The summed E-state index contributed by atoms with van der Waals surface area (Å²) in [6.07, 6.45) is 0. The molecule has 3 heteroatoms. The molecule has 0 spiro atoms. The number of hydrogen-bond acceptors (Lipinski definition) is 2. The first-order valence-corrected chi connectivity index (χ1v) is 22.9. The number of aromatic nitrogens is 1. The smallest absolute Gasteiger partial charge is 0.143 e. The van der Waals surface area contributed by atoms with Crippen LogP contribution in [0.5, 0.6) is 0 Å². The van der Waals surface area contributed by atoms with Crippen molar-refractivity contribution in [3.8, 4) is 50.2 Å². The molecular weight excluding hydrogens is 813 g/mol. The van der Waals surface area contributed by atoms with E-state index in [9.17, 15) is 0 Å². The van der Waals surface area contributed by atoms with Crippen LogP contribution in [0, 0.1) is 0 Å². The highest BCUT2D eigenvalue weighted by atomic mass is 16.3. The molecule has 0 amide bonds. The molecule has 13 aromatic rings. The van der Waals surface area contributed by atoms with Gasteiger partial charge in [-0.1, -0.05) is 194 Å². The average Bonchev–Trinajstić information content (AvgIpc) is 3.95. The van der Waals surface area contributed by atoms with Gasteiger partial charge in [-0.15, -0.1) is 0 Å². The zero-order chi connectivity index (χ0) is 44.3. The van der Waals surface area contributed by atoms with Gasteiger partial charge >= 0.3 is 0 Å². The maximum absolute atomic E-state index is 6.42. The van der Waals surface area contributed by atoms with Crippen LogP contribution in [0.3, 0.4) is 0 Å². The Bertz CT molecular complexity index is 3910. The third-order valence-electron chi connectivity index (χ3n) is 13.4. The minimum Gasteiger partial charge on any atom is -0.455 e. The lowest BCUT2D eigenvalue weighted by Crippen LogP contribution is -2.10. The van der Waals surface area contributed by atoms with Gasteiger partial charge in [-0.25, -0.2) is 0 Å². The molecule has 314 valence electrons. The maximum atomic E-state index is 6.42. The van der Waals surface area contributed by atoms with Gasteiger partial charge in [-0.05, 0) is 99.4 Å². The zero-order valence-corrected chi connectivity index (χ0v) is 36.6. The second kappa shape index (κ2) is 16.0. The standard InChI is InChI=1S/C64H42N2O/c1-2-18-52-46(14-1)15-12-28-59(52)65(51-40-36-45(37-41-51)48-16-11-17-49(42-48)54-23-13-24-58-57-22-6-10-29-63(57)67-64(54)58)50-38-34-44(35-39-50)43-30-32-47(33-31-43)53-19-3-7-25-60(53)66-61-26-8-4-20-55(61)56-21-5-9-27-62(56)66/h1-42H. The Kier molecular flexibility index (Phi) is 9.17. The van der Waals surface area contributed by atoms with Gasteiger partial charge in [-0.3, -0.25) is 0 Å². The fraction of sp³-hybridized carbons (Fsp3) is 0. The Hall–Kier alpha value is -8.92. The maximum Gasteiger partial charge on any atom is 0.143 e. The van der Waals surface area contributed by atoms with Gasteiger partial charge in [0.05, 0.1) is 22.4 Å². The van der Waals surface area contributed by atoms with E-state index in [4.69, 9.17) is 4.42 Å². The Morgan fingerprint density at radius 3 is 1.54 bits per heavy atom. The topological polar surface area (TPSA) is 21.3 Å². The van der Waals surface area contributed by atoms with Crippen molar-refractivity contribution in [3.63, 3.8) is 0 Å². The van der Waals surface area contributed by atoms with Crippen LogP contribution in [0.2, 0.25) is 0 Å². The summed E-state index contributed by atoms with van der Waals surface area (Å²) in [7, 11) is 0. The van der Waals surface area contributed by atoms with E-state index in [2.05, 4.69) is 252 Å². The van der Waals surface area contributed by atoms with Crippen LogP contribution in [-0.4, -0.2) is 4.57 Å². The van der Waals surface area contributed by atoms with Gasteiger partial charge in [-0.2, -0.15) is 0 Å². The lowest BCUT2D eigenvalue weighted by Gasteiger charge is -2.27. The molecule has 3 nitrogen and oxygen atoms in total.